The fraction of sp³-hybridized carbons (Fsp3) is 0.417. The number of nitrogens with one attached hydrogen (secondary N) is 2. The number of fused-ring (bicyclic) bond motifs is 3. The van der Waals surface area contributed by atoms with E-state index in [0.717, 1.165) is 12.1 Å². The minimum atomic E-state index is -1.10. The van der Waals surface area contributed by atoms with Crippen LogP contribution in [0.25, 0.3) is 0 Å². The van der Waals surface area contributed by atoms with Gasteiger partial charge in [-0.15, -0.1) is 0 Å². The van der Waals surface area contributed by atoms with Crippen molar-refractivity contribution < 1.29 is 38.1 Å². The summed E-state index contributed by atoms with van der Waals surface area (Å²) in [6.07, 6.45) is -1.54. The Hall–Kier alpha value is -2.66. The normalized spacial score (nSPS) is 26.8. The molecule has 194 valence electrons. The Kier molecular flexibility index (Phi) is 7.61. The van der Waals surface area contributed by atoms with Gasteiger partial charge in [0.15, 0.2) is 13.2 Å². The van der Waals surface area contributed by atoms with Crippen LogP contribution in [0.4, 0.5) is 8.78 Å². The summed E-state index contributed by atoms with van der Waals surface area (Å²) in [4.78, 5) is 25.0. The highest BCUT2D eigenvalue weighted by Gasteiger charge is 2.60. The quantitative estimate of drug-likeness (QED) is 0.406. The van der Waals surface area contributed by atoms with Gasteiger partial charge in [0.1, 0.15) is 23.1 Å². The highest BCUT2D eigenvalue weighted by molar-refractivity contribution is 6.31. The number of ether oxygens (including phenoxy) is 2. The van der Waals surface area contributed by atoms with Gasteiger partial charge in [-0.3, -0.25) is 9.59 Å². The van der Waals surface area contributed by atoms with E-state index in [1.165, 1.54) is 24.3 Å². The Balaban J connectivity index is 1.32. The molecule has 3 saturated carbocycles. The molecule has 2 aromatic rings. The lowest BCUT2D eigenvalue weighted by Crippen LogP contribution is -2.75. The summed E-state index contributed by atoms with van der Waals surface area (Å²) >= 11 is 11.3. The number of halogens is 4. The number of aliphatic hydroxyl groups excluding tert-OH is 2. The van der Waals surface area contributed by atoms with Gasteiger partial charge in [0, 0.05) is 25.0 Å². The van der Waals surface area contributed by atoms with E-state index in [0.29, 0.717) is 0 Å². The highest BCUT2D eigenvalue weighted by Crippen LogP contribution is 2.47. The minimum absolute atomic E-state index is 0.000980. The summed E-state index contributed by atoms with van der Waals surface area (Å²) in [5.41, 5.74) is -2.20. The monoisotopic (exact) mass is 544 g/mol. The predicted molar refractivity (Wildman–Crippen MR) is 126 cm³/mol. The van der Waals surface area contributed by atoms with Gasteiger partial charge in [-0.2, -0.15) is 0 Å². The first-order valence-electron chi connectivity index (χ1n) is 11.2. The highest BCUT2D eigenvalue weighted by atomic mass is 35.5. The number of amides is 2. The zero-order valence-corrected chi connectivity index (χ0v) is 20.4. The molecule has 2 amide bonds. The number of aliphatic hydroxyl groups is 2. The van der Waals surface area contributed by atoms with Crippen molar-refractivity contribution in [2.24, 2.45) is 0 Å². The molecule has 0 spiro atoms. The van der Waals surface area contributed by atoms with Gasteiger partial charge in [0.2, 0.25) is 0 Å². The van der Waals surface area contributed by atoms with E-state index in [9.17, 15) is 28.6 Å². The van der Waals surface area contributed by atoms with Gasteiger partial charge >= 0.3 is 0 Å². The van der Waals surface area contributed by atoms with Crippen molar-refractivity contribution in [1.82, 2.24) is 10.6 Å². The fourth-order valence-corrected chi connectivity index (χ4v) is 5.02. The number of hydrogen-bond donors (Lipinski definition) is 4. The maximum Gasteiger partial charge on any atom is 0.258 e. The van der Waals surface area contributed by atoms with Crippen LogP contribution >= 0.6 is 23.2 Å². The van der Waals surface area contributed by atoms with Crippen molar-refractivity contribution in [3.05, 3.63) is 58.1 Å². The van der Waals surface area contributed by atoms with Crippen LogP contribution in [0, 0.1) is 11.6 Å². The number of rotatable bonds is 8. The van der Waals surface area contributed by atoms with Gasteiger partial charge in [0.25, 0.3) is 11.8 Å². The molecule has 0 radical (unpaired) electrons. The molecule has 0 aliphatic heterocycles. The summed E-state index contributed by atoms with van der Waals surface area (Å²) in [5, 5.41) is 27.0. The van der Waals surface area contributed by atoms with Crippen molar-refractivity contribution in [1.29, 1.82) is 0 Å². The van der Waals surface area contributed by atoms with Crippen molar-refractivity contribution in [3.8, 4) is 11.5 Å². The molecule has 0 unspecified atom stereocenters. The van der Waals surface area contributed by atoms with E-state index in [2.05, 4.69) is 10.6 Å². The molecule has 2 bridgehead atoms. The summed E-state index contributed by atoms with van der Waals surface area (Å²) in [6, 6.07) is 7.55. The second-order valence-electron chi connectivity index (χ2n) is 9.08. The van der Waals surface area contributed by atoms with E-state index < -0.39 is 59.9 Å². The fourth-order valence-electron chi connectivity index (χ4n) is 4.79. The summed E-state index contributed by atoms with van der Waals surface area (Å²) in [5.74, 6) is -2.26. The zero-order chi connectivity index (χ0) is 26.1. The molecule has 3 fully saturated rings. The van der Waals surface area contributed by atoms with Gasteiger partial charge in [0.05, 0.1) is 33.3 Å². The molecule has 12 heteroatoms. The molecule has 4 N–H and O–H groups in total. The van der Waals surface area contributed by atoms with Crippen LogP contribution in [0.1, 0.15) is 25.7 Å². The second kappa shape index (κ2) is 10.4. The van der Waals surface area contributed by atoms with E-state index in [1.54, 1.807) is 0 Å². The van der Waals surface area contributed by atoms with Crippen LogP contribution in [-0.4, -0.2) is 58.5 Å². The molecule has 3 aliphatic carbocycles. The molecular formula is C24H24Cl2F2N2O6. The Morgan fingerprint density at radius 1 is 0.833 bits per heavy atom. The first-order valence-corrected chi connectivity index (χ1v) is 11.9. The first-order chi connectivity index (χ1) is 17.0. The van der Waals surface area contributed by atoms with Gasteiger partial charge in [-0.05, 0) is 37.1 Å². The van der Waals surface area contributed by atoms with Crippen LogP contribution < -0.4 is 20.1 Å². The lowest BCUT2D eigenvalue weighted by atomic mass is 9.58. The van der Waals surface area contributed by atoms with Crippen molar-refractivity contribution in [2.45, 2.75) is 49.0 Å². The van der Waals surface area contributed by atoms with E-state index in [4.69, 9.17) is 32.7 Å². The Bertz CT molecular complexity index is 1080. The van der Waals surface area contributed by atoms with E-state index in [1.807, 2.05) is 0 Å². The lowest BCUT2D eigenvalue weighted by Gasteiger charge is -2.58. The molecule has 2 aromatic carbocycles. The summed E-state index contributed by atoms with van der Waals surface area (Å²) in [6.45, 7) is -0.869. The maximum atomic E-state index is 13.6. The van der Waals surface area contributed by atoms with Crippen molar-refractivity contribution >= 4 is 35.0 Å². The summed E-state index contributed by atoms with van der Waals surface area (Å²) < 4.78 is 37.7. The number of carbonyl (C=O) groups is 2. The van der Waals surface area contributed by atoms with Crippen molar-refractivity contribution in [3.63, 3.8) is 0 Å². The minimum Gasteiger partial charge on any atom is -0.484 e. The largest absolute Gasteiger partial charge is 0.484 e. The Labute approximate surface area is 215 Å². The Morgan fingerprint density at radius 2 is 1.22 bits per heavy atom. The van der Waals surface area contributed by atoms with Crippen molar-refractivity contribution in [2.75, 3.05) is 13.2 Å². The smallest absolute Gasteiger partial charge is 0.258 e. The third kappa shape index (κ3) is 5.51. The average molecular weight is 545 g/mol. The van der Waals surface area contributed by atoms with Crippen LogP contribution in [0.3, 0.4) is 0 Å². The van der Waals surface area contributed by atoms with Crippen LogP contribution in [0.5, 0.6) is 11.5 Å². The standard InChI is InChI=1S/C24H24Cl2F2N2O6/c25-15-3-1-13(7-17(15)27)35-11-21(33)29-23-5-6-24(10-19(23)31,20(32)9-23)30-22(34)12-36-14-2-4-16(26)18(28)8-14/h1-4,7-8,19-20,31-32H,5-6,9-12H2,(H,29,33)(H,30,34)/t19-,20-,23-,24-/m0/s1. The van der Waals surface area contributed by atoms with E-state index >= 15 is 0 Å². The number of benzene rings is 2. The lowest BCUT2D eigenvalue weighted by molar-refractivity contribution is -0.152. The molecule has 0 saturated heterocycles. The maximum absolute atomic E-state index is 13.6. The van der Waals surface area contributed by atoms with Gasteiger partial charge in [-0.1, -0.05) is 23.2 Å². The molecule has 0 heterocycles. The van der Waals surface area contributed by atoms with Gasteiger partial charge in [-0.25, -0.2) is 8.78 Å². The molecule has 0 aromatic heterocycles. The molecule has 4 atom stereocenters. The third-order valence-corrected chi connectivity index (χ3v) is 7.32. The molecule has 36 heavy (non-hydrogen) atoms. The molecule has 3 aliphatic rings. The van der Waals surface area contributed by atoms with Crippen LogP contribution in [-0.2, 0) is 9.59 Å². The van der Waals surface area contributed by atoms with Crippen LogP contribution in [0.2, 0.25) is 10.0 Å². The first kappa shape index (κ1) is 26.4. The molecule has 5 rings (SSSR count). The molecule has 8 nitrogen and oxygen atoms in total. The van der Waals surface area contributed by atoms with Gasteiger partial charge < -0.3 is 30.3 Å². The second-order valence-corrected chi connectivity index (χ2v) is 9.89. The average Bonchev–Trinajstić information content (AvgIpc) is 2.82. The third-order valence-electron chi connectivity index (χ3n) is 6.71. The van der Waals surface area contributed by atoms with Crippen LogP contribution in [0.15, 0.2) is 36.4 Å². The summed E-state index contributed by atoms with van der Waals surface area (Å²) in [7, 11) is 0. The Morgan fingerprint density at radius 3 is 1.56 bits per heavy atom. The molecular weight excluding hydrogens is 521 g/mol. The SMILES string of the molecule is O=C(COc1ccc(Cl)c(F)c1)N[C@]12CC[C@](NC(=O)COc3ccc(Cl)c(F)c3)(C[C@@H]1O)[C@@H](O)C2. The topological polar surface area (TPSA) is 117 Å². The number of carbonyl (C=O) groups excluding carboxylic acids is 2. The zero-order valence-electron chi connectivity index (χ0n) is 18.9. The van der Waals surface area contributed by atoms with E-state index in [-0.39, 0.29) is 47.2 Å². The number of hydrogen-bond acceptors (Lipinski definition) is 6. The predicted octanol–water partition coefficient (Wildman–Crippen LogP) is 2.75.